The van der Waals surface area contributed by atoms with Gasteiger partial charge in [0.1, 0.15) is 0 Å². The molecule has 0 N–H and O–H groups in total. The van der Waals surface area contributed by atoms with Crippen molar-refractivity contribution in [3.8, 4) is 0 Å². The zero-order valence-electron chi connectivity index (χ0n) is 8.97. The largest absolute Gasteiger partial charge is 0.313 e. The Bertz CT molecular complexity index is 644. The van der Waals surface area contributed by atoms with E-state index in [1.165, 1.54) is 0 Å². The topological polar surface area (TPSA) is 22.0 Å². The summed E-state index contributed by atoms with van der Waals surface area (Å²) in [7, 11) is 0. The van der Waals surface area contributed by atoms with Crippen LogP contribution in [0.25, 0.3) is 23.2 Å². The van der Waals surface area contributed by atoms with E-state index in [1.807, 2.05) is 41.1 Å². The van der Waals surface area contributed by atoms with Crippen molar-refractivity contribution in [2.45, 2.75) is 6.92 Å². The molecule has 0 amide bonds. The fourth-order valence-corrected chi connectivity index (χ4v) is 2.17. The van der Waals surface area contributed by atoms with Gasteiger partial charge in [-0.15, -0.1) is 0 Å². The number of Topliss-reactive ketones (excluding diaryl/α,β-unsaturated/α-hetero) is 1. The molecule has 0 bridgehead atoms. The highest BCUT2D eigenvalue weighted by atomic mass is 16.1. The molecule has 2 heterocycles. The number of hydrogen-bond donors (Lipinski definition) is 0. The smallest absolute Gasteiger partial charge is 0.176 e. The maximum Gasteiger partial charge on any atom is 0.176 e. The Morgan fingerprint density at radius 1 is 1.25 bits per heavy atom. The molecule has 1 aromatic carbocycles. The van der Waals surface area contributed by atoms with Crippen LogP contribution in [0.15, 0.2) is 36.4 Å². The van der Waals surface area contributed by atoms with Gasteiger partial charge in [0.05, 0.1) is 11.2 Å². The van der Waals surface area contributed by atoms with Crippen LogP contribution in [0.5, 0.6) is 0 Å². The summed E-state index contributed by atoms with van der Waals surface area (Å²) in [4.78, 5) is 11.6. The first-order chi connectivity index (χ1) is 7.77. The predicted octanol–water partition coefficient (Wildman–Crippen LogP) is 3.34. The van der Waals surface area contributed by atoms with Gasteiger partial charge in [-0.2, -0.15) is 0 Å². The summed E-state index contributed by atoms with van der Waals surface area (Å²) < 4.78 is 1.97. The van der Waals surface area contributed by atoms with Gasteiger partial charge in [0.15, 0.2) is 5.78 Å². The zero-order valence-corrected chi connectivity index (χ0v) is 8.97. The van der Waals surface area contributed by atoms with Gasteiger partial charge in [0, 0.05) is 18.5 Å². The SMILES string of the molecule is CC(=O)c1cc2cccc3c2n1C=CC=C3. The van der Waals surface area contributed by atoms with Crippen molar-refractivity contribution in [3.63, 3.8) is 0 Å². The number of benzene rings is 1. The Hall–Kier alpha value is -2.09. The Morgan fingerprint density at radius 3 is 2.94 bits per heavy atom. The minimum Gasteiger partial charge on any atom is -0.313 e. The van der Waals surface area contributed by atoms with Gasteiger partial charge in [-0.05, 0) is 17.7 Å². The molecule has 1 aliphatic rings. The van der Waals surface area contributed by atoms with Crippen LogP contribution >= 0.6 is 0 Å². The van der Waals surface area contributed by atoms with Crippen LogP contribution in [0.1, 0.15) is 23.0 Å². The Balaban J connectivity index is 2.50. The van der Waals surface area contributed by atoms with E-state index in [1.54, 1.807) is 6.92 Å². The first kappa shape index (κ1) is 9.16. The lowest BCUT2D eigenvalue weighted by molar-refractivity contribution is 0.101. The highest BCUT2D eigenvalue weighted by Gasteiger charge is 2.13. The van der Waals surface area contributed by atoms with Gasteiger partial charge in [-0.3, -0.25) is 4.79 Å². The van der Waals surface area contributed by atoms with Crippen LogP contribution in [0, 0.1) is 0 Å². The third kappa shape index (κ3) is 1.16. The van der Waals surface area contributed by atoms with Crippen molar-refractivity contribution in [1.29, 1.82) is 0 Å². The molecule has 0 fully saturated rings. The third-order valence-corrected chi connectivity index (χ3v) is 2.87. The molecular formula is C14H11NO. The van der Waals surface area contributed by atoms with Gasteiger partial charge < -0.3 is 4.57 Å². The minimum atomic E-state index is 0.0914. The predicted molar refractivity (Wildman–Crippen MR) is 66.3 cm³/mol. The van der Waals surface area contributed by atoms with E-state index in [-0.39, 0.29) is 5.78 Å². The molecule has 2 aromatic rings. The third-order valence-electron chi connectivity index (χ3n) is 2.87. The van der Waals surface area contributed by atoms with Crippen LogP contribution in [-0.4, -0.2) is 10.4 Å². The molecule has 16 heavy (non-hydrogen) atoms. The fourth-order valence-electron chi connectivity index (χ4n) is 2.17. The monoisotopic (exact) mass is 209 g/mol. The molecule has 0 aliphatic carbocycles. The molecule has 1 aliphatic heterocycles. The summed E-state index contributed by atoms with van der Waals surface area (Å²) >= 11 is 0. The summed E-state index contributed by atoms with van der Waals surface area (Å²) in [6.45, 7) is 1.60. The van der Waals surface area contributed by atoms with Crippen molar-refractivity contribution in [1.82, 2.24) is 4.57 Å². The number of hydrogen-bond acceptors (Lipinski definition) is 1. The van der Waals surface area contributed by atoms with Crippen LogP contribution in [0.4, 0.5) is 0 Å². The summed E-state index contributed by atoms with van der Waals surface area (Å²) in [6.07, 6.45) is 7.94. The van der Waals surface area contributed by atoms with E-state index in [0.29, 0.717) is 0 Å². The van der Waals surface area contributed by atoms with Crippen LogP contribution in [0.2, 0.25) is 0 Å². The van der Waals surface area contributed by atoms with Crippen molar-refractivity contribution in [3.05, 3.63) is 47.7 Å². The molecule has 78 valence electrons. The summed E-state index contributed by atoms with van der Waals surface area (Å²) in [6, 6.07) is 8.06. The van der Waals surface area contributed by atoms with Crippen molar-refractivity contribution >= 4 is 29.0 Å². The zero-order chi connectivity index (χ0) is 11.1. The van der Waals surface area contributed by atoms with E-state index in [9.17, 15) is 4.79 Å². The number of allylic oxidation sites excluding steroid dienone is 2. The lowest BCUT2D eigenvalue weighted by Gasteiger charge is -2.03. The summed E-state index contributed by atoms with van der Waals surface area (Å²) in [5.41, 5.74) is 3.00. The van der Waals surface area contributed by atoms with Crippen LogP contribution < -0.4 is 0 Å². The second-order valence-electron chi connectivity index (χ2n) is 3.94. The lowest BCUT2D eigenvalue weighted by Crippen LogP contribution is -2.00. The van der Waals surface area contributed by atoms with E-state index >= 15 is 0 Å². The van der Waals surface area contributed by atoms with Crippen molar-refractivity contribution in [2.24, 2.45) is 0 Å². The maximum atomic E-state index is 11.6. The first-order valence-corrected chi connectivity index (χ1v) is 5.27. The normalized spacial score (nSPS) is 13.1. The molecule has 3 rings (SSSR count). The molecule has 0 atom stereocenters. The summed E-state index contributed by atoms with van der Waals surface area (Å²) in [5.74, 6) is 0.0914. The second-order valence-corrected chi connectivity index (χ2v) is 3.94. The lowest BCUT2D eigenvalue weighted by atomic mass is 10.1. The second kappa shape index (κ2) is 3.20. The van der Waals surface area contributed by atoms with E-state index < -0.39 is 0 Å². The number of carbonyl (C=O) groups excluding carboxylic acids is 1. The minimum absolute atomic E-state index is 0.0914. The number of aromatic nitrogens is 1. The van der Waals surface area contributed by atoms with E-state index in [2.05, 4.69) is 12.1 Å². The van der Waals surface area contributed by atoms with Gasteiger partial charge in [-0.25, -0.2) is 0 Å². The Kier molecular flexibility index (Phi) is 1.83. The molecule has 1 aromatic heterocycles. The van der Waals surface area contributed by atoms with Gasteiger partial charge in [0.2, 0.25) is 0 Å². The molecule has 0 radical (unpaired) electrons. The molecule has 0 saturated heterocycles. The number of nitrogens with zero attached hydrogens (tertiary/aromatic N) is 1. The van der Waals surface area contributed by atoms with Crippen molar-refractivity contribution < 1.29 is 4.79 Å². The Morgan fingerprint density at radius 2 is 2.12 bits per heavy atom. The summed E-state index contributed by atoms with van der Waals surface area (Å²) in [5, 5.41) is 1.11. The fraction of sp³-hybridized carbons (Fsp3) is 0.0714. The highest BCUT2D eigenvalue weighted by molar-refractivity contribution is 6.02. The van der Waals surface area contributed by atoms with Gasteiger partial charge in [0.25, 0.3) is 0 Å². The van der Waals surface area contributed by atoms with Crippen molar-refractivity contribution in [2.75, 3.05) is 0 Å². The Labute approximate surface area is 93.5 Å². The van der Waals surface area contributed by atoms with Crippen LogP contribution in [0.3, 0.4) is 0 Å². The average Bonchev–Trinajstić information content (AvgIpc) is 2.50. The molecular weight excluding hydrogens is 198 g/mol. The number of ketones is 1. The van der Waals surface area contributed by atoms with Gasteiger partial charge >= 0.3 is 0 Å². The molecule has 2 nitrogen and oxygen atoms in total. The molecule has 0 unspecified atom stereocenters. The standard InChI is InChI=1S/C14H11NO/c1-10(16)13-9-12-7-4-6-11-5-2-3-8-15(13)14(11)12/h2-9H,1H3. The average molecular weight is 209 g/mol. The molecule has 0 saturated carbocycles. The first-order valence-electron chi connectivity index (χ1n) is 5.27. The quantitative estimate of drug-likeness (QED) is 0.660. The molecule has 2 heteroatoms. The molecule has 0 spiro atoms. The number of rotatable bonds is 1. The van der Waals surface area contributed by atoms with E-state index in [4.69, 9.17) is 0 Å². The number of carbonyl (C=O) groups is 1. The maximum absolute atomic E-state index is 11.6. The van der Waals surface area contributed by atoms with Crippen LogP contribution in [-0.2, 0) is 0 Å². The highest BCUT2D eigenvalue weighted by Crippen LogP contribution is 2.26. The van der Waals surface area contributed by atoms with E-state index in [0.717, 1.165) is 22.2 Å². The number of para-hydroxylation sites is 1. The van der Waals surface area contributed by atoms with Gasteiger partial charge in [-0.1, -0.05) is 30.4 Å².